The van der Waals surface area contributed by atoms with E-state index < -0.39 is 27.7 Å². The third kappa shape index (κ3) is 5.04. The summed E-state index contributed by atoms with van der Waals surface area (Å²) >= 11 is 6.76. The van der Waals surface area contributed by atoms with Gasteiger partial charge in [0.15, 0.2) is 11.6 Å². The normalized spacial score (nSPS) is 12.7. The van der Waals surface area contributed by atoms with E-state index >= 15 is 0 Å². The largest absolute Gasteiger partial charge is 0.377 e. The Morgan fingerprint density at radius 2 is 1.74 bits per heavy atom. The molecule has 1 atom stereocenters. The van der Waals surface area contributed by atoms with Gasteiger partial charge in [-0.2, -0.15) is 0 Å². The average Bonchev–Trinajstić information content (AvgIpc) is 3.10. The minimum absolute atomic E-state index is 0.000854. The standard InChI is InChI=1S/C18H15ClF2N2O2S2/c19-17-8-9-18(26-17)27(24,25)22-11-16(12-4-2-1-3-5-12)23-13-6-7-14(20)15(21)10-13/h1-10,16,22-23H,11H2. The molecule has 1 unspecified atom stereocenters. The summed E-state index contributed by atoms with van der Waals surface area (Å²) in [5.41, 5.74) is 1.12. The Bertz CT molecular complexity index is 1030. The lowest BCUT2D eigenvalue weighted by atomic mass is 10.1. The predicted molar refractivity (Wildman–Crippen MR) is 104 cm³/mol. The molecule has 0 amide bonds. The molecule has 3 rings (SSSR count). The summed E-state index contributed by atoms with van der Waals surface area (Å²) in [5, 5.41) is 3.04. The van der Waals surface area contributed by atoms with Gasteiger partial charge in [-0.15, -0.1) is 11.3 Å². The molecule has 0 aliphatic heterocycles. The van der Waals surface area contributed by atoms with Crippen LogP contribution in [0.4, 0.5) is 14.5 Å². The van der Waals surface area contributed by atoms with Crippen LogP contribution >= 0.6 is 22.9 Å². The second-order valence-electron chi connectivity index (χ2n) is 5.65. The van der Waals surface area contributed by atoms with E-state index in [0.717, 1.165) is 29.0 Å². The number of sulfonamides is 1. The molecule has 0 radical (unpaired) electrons. The molecule has 4 nitrogen and oxygen atoms in total. The zero-order valence-electron chi connectivity index (χ0n) is 13.8. The second kappa shape index (κ2) is 8.35. The fourth-order valence-electron chi connectivity index (χ4n) is 2.43. The van der Waals surface area contributed by atoms with Crippen LogP contribution in [0.5, 0.6) is 0 Å². The van der Waals surface area contributed by atoms with Gasteiger partial charge in [-0.25, -0.2) is 21.9 Å². The minimum Gasteiger partial charge on any atom is -0.377 e. The minimum atomic E-state index is -3.74. The van der Waals surface area contributed by atoms with E-state index in [0.29, 0.717) is 10.0 Å². The van der Waals surface area contributed by atoms with Gasteiger partial charge in [0.25, 0.3) is 0 Å². The molecule has 2 N–H and O–H groups in total. The Morgan fingerprint density at radius 3 is 2.37 bits per heavy atom. The van der Waals surface area contributed by atoms with Crippen LogP contribution in [0, 0.1) is 11.6 Å². The van der Waals surface area contributed by atoms with Crippen molar-refractivity contribution in [1.82, 2.24) is 4.72 Å². The first-order valence-electron chi connectivity index (χ1n) is 7.87. The lowest BCUT2D eigenvalue weighted by Gasteiger charge is -2.21. The first-order valence-corrected chi connectivity index (χ1v) is 10.5. The lowest BCUT2D eigenvalue weighted by molar-refractivity contribution is 0.509. The number of thiophene rings is 1. The molecule has 1 heterocycles. The maximum Gasteiger partial charge on any atom is 0.250 e. The van der Waals surface area contributed by atoms with Crippen LogP contribution in [0.3, 0.4) is 0 Å². The van der Waals surface area contributed by atoms with Gasteiger partial charge >= 0.3 is 0 Å². The molecule has 0 bridgehead atoms. The van der Waals surface area contributed by atoms with Crippen molar-refractivity contribution in [3.8, 4) is 0 Å². The fraction of sp³-hybridized carbons (Fsp3) is 0.111. The topological polar surface area (TPSA) is 58.2 Å². The van der Waals surface area contributed by atoms with Crippen LogP contribution in [0.15, 0.2) is 64.9 Å². The first kappa shape index (κ1) is 19.8. The van der Waals surface area contributed by atoms with Crippen molar-refractivity contribution >= 4 is 38.6 Å². The van der Waals surface area contributed by atoms with Crippen LogP contribution in [0.1, 0.15) is 11.6 Å². The van der Waals surface area contributed by atoms with Crippen LogP contribution in [0.25, 0.3) is 0 Å². The molecule has 9 heteroatoms. The lowest BCUT2D eigenvalue weighted by Crippen LogP contribution is -2.31. The molecule has 1 aromatic heterocycles. The van der Waals surface area contributed by atoms with Crippen molar-refractivity contribution in [2.75, 3.05) is 11.9 Å². The molecule has 0 saturated carbocycles. The second-order valence-corrected chi connectivity index (χ2v) is 9.36. The number of benzene rings is 2. The van der Waals surface area contributed by atoms with E-state index in [1.807, 2.05) is 30.3 Å². The van der Waals surface area contributed by atoms with Gasteiger partial charge in [-0.3, -0.25) is 0 Å². The van der Waals surface area contributed by atoms with Gasteiger partial charge < -0.3 is 5.32 Å². The zero-order chi connectivity index (χ0) is 19.4. The quantitative estimate of drug-likeness (QED) is 0.567. The molecule has 0 spiro atoms. The number of hydrogen-bond acceptors (Lipinski definition) is 4. The van der Waals surface area contributed by atoms with E-state index in [-0.39, 0.29) is 10.8 Å². The highest BCUT2D eigenvalue weighted by Gasteiger charge is 2.20. The van der Waals surface area contributed by atoms with Gasteiger partial charge in [0.05, 0.1) is 10.4 Å². The van der Waals surface area contributed by atoms with E-state index in [1.165, 1.54) is 18.2 Å². The van der Waals surface area contributed by atoms with E-state index in [9.17, 15) is 17.2 Å². The van der Waals surface area contributed by atoms with Gasteiger partial charge in [0, 0.05) is 18.3 Å². The molecular formula is C18H15ClF2N2O2S2. The summed E-state index contributed by atoms with van der Waals surface area (Å²) in [4.78, 5) is 0. The summed E-state index contributed by atoms with van der Waals surface area (Å²) in [5.74, 6) is -1.94. The van der Waals surface area contributed by atoms with Crippen molar-refractivity contribution in [3.63, 3.8) is 0 Å². The maximum absolute atomic E-state index is 13.5. The summed E-state index contributed by atoms with van der Waals surface area (Å²) in [6, 6.07) is 14.9. The average molecular weight is 429 g/mol. The van der Waals surface area contributed by atoms with E-state index in [1.54, 1.807) is 0 Å². The molecule has 0 aliphatic rings. The van der Waals surface area contributed by atoms with Crippen LogP contribution in [-0.2, 0) is 10.0 Å². The van der Waals surface area contributed by atoms with Crippen LogP contribution in [-0.4, -0.2) is 15.0 Å². The van der Waals surface area contributed by atoms with Crippen LogP contribution in [0.2, 0.25) is 4.34 Å². The highest BCUT2D eigenvalue weighted by Crippen LogP contribution is 2.26. The van der Waals surface area contributed by atoms with Crippen molar-refractivity contribution < 1.29 is 17.2 Å². The van der Waals surface area contributed by atoms with Crippen molar-refractivity contribution in [1.29, 1.82) is 0 Å². The molecule has 27 heavy (non-hydrogen) atoms. The molecule has 3 aromatic rings. The van der Waals surface area contributed by atoms with Crippen molar-refractivity contribution in [3.05, 3.63) is 82.2 Å². The molecule has 0 fully saturated rings. The Kier molecular flexibility index (Phi) is 6.11. The van der Waals surface area contributed by atoms with Gasteiger partial charge in [0.1, 0.15) is 4.21 Å². The maximum atomic E-state index is 13.5. The number of nitrogens with one attached hydrogen (secondary N) is 2. The summed E-state index contributed by atoms with van der Waals surface area (Å²) in [6.45, 7) is 0.000854. The Balaban J connectivity index is 1.81. The molecular weight excluding hydrogens is 414 g/mol. The Hall–Kier alpha value is -2.00. The molecule has 2 aromatic carbocycles. The summed E-state index contributed by atoms with van der Waals surface area (Å²) < 4.78 is 54.5. The van der Waals surface area contributed by atoms with Crippen molar-refractivity contribution in [2.45, 2.75) is 10.3 Å². The number of rotatable bonds is 7. The first-order chi connectivity index (χ1) is 12.8. The van der Waals surface area contributed by atoms with Crippen molar-refractivity contribution in [2.24, 2.45) is 0 Å². The third-order valence-corrected chi connectivity index (χ3v) is 6.90. The SMILES string of the molecule is O=S(=O)(NCC(Nc1ccc(F)c(F)c1)c1ccccc1)c1ccc(Cl)s1. The van der Waals surface area contributed by atoms with Gasteiger partial charge in [-0.1, -0.05) is 41.9 Å². The Morgan fingerprint density at radius 1 is 1.00 bits per heavy atom. The number of anilines is 1. The summed E-state index contributed by atoms with van der Waals surface area (Å²) in [7, 11) is -3.74. The van der Waals surface area contributed by atoms with E-state index in [4.69, 9.17) is 11.6 Å². The van der Waals surface area contributed by atoms with Crippen LogP contribution < -0.4 is 10.0 Å². The molecule has 0 saturated heterocycles. The summed E-state index contributed by atoms with van der Waals surface area (Å²) in [6.07, 6.45) is 0. The Labute approximate surface area is 164 Å². The monoisotopic (exact) mass is 428 g/mol. The zero-order valence-corrected chi connectivity index (χ0v) is 16.2. The van der Waals surface area contributed by atoms with E-state index in [2.05, 4.69) is 10.0 Å². The number of halogens is 3. The third-order valence-electron chi connectivity index (χ3n) is 3.75. The van der Waals surface area contributed by atoms with Gasteiger partial charge in [0.2, 0.25) is 10.0 Å². The molecule has 0 aliphatic carbocycles. The fourth-order valence-corrected chi connectivity index (χ4v) is 5.01. The smallest absolute Gasteiger partial charge is 0.250 e. The van der Waals surface area contributed by atoms with Gasteiger partial charge in [-0.05, 0) is 29.8 Å². The number of hydrogen-bond donors (Lipinski definition) is 2. The predicted octanol–water partition coefficient (Wildman–Crippen LogP) is 4.81. The highest BCUT2D eigenvalue weighted by molar-refractivity contribution is 7.91. The highest BCUT2D eigenvalue weighted by atomic mass is 35.5. The molecule has 142 valence electrons.